The van der Waals surface area contributed by atoms with Crippen LogP contribution in [0.25, 0.3) is 0 Å². The van der Waals surface area contributed by atoms with Gasteiger partial charge in [-0.3, -0.25) is 0 Å². The van der Waals surface area contributed by atoms with Crippen LogP contribution in [-0.4, -0.2) is 19.7 Å². The van der Waals surface area contributed by atoms with Crippen molar-refractivity contribution < 1.29 is 14.3 Å². The fourth-order valence-electron chi connectivity index (χ4n) is 1.32. The maximum absolute atomic E-state index is 11.6. The molecule has 0 saturated heterocycles. The van der Waals surface area contributed by atoms with Gasteiger partial charge in [0.05, 0.1) is 31.8 Å². The molecular weight excluding hydrogens is 206 g/mol. The van der Waals surface area contributed by atoms with Gasteiger partial charge >= 0.3 is 5.97 Å². The van der Waals surface area contributed by atoms with E-state index in [1.807, 2.05) is 6.07 Å². The number of esters is 1. The minimum atomic E-state index is -0.424. The Kier molecular flexibility index (Phi) is 4.34. The number of hydrogen-bond acceptors (Lipinski definition) is 4. The molecule has 0 N–H and O–H groups in total. The van der Waals surface area contributed by atoms with Gasteiger partial charge in [-0.1, -0.05) is 6.07 Å². The van der Waals surface area contributed by atoms with E-state index in [4.69, 9.17) is 14.7 Å². The summed E-state index contributed by atoms with van der Waals surface area (Å²) in [6.07, 6.45) is 0.179. The summed E-state index contributed by atoms with van der Waals surface area (Å²) in [6, 6.07) is 7.02. The Morgan fingerprint density at radius 1 is 1.50 bits per heavy atom. The number of carbonyl (C=O) groups excluding carboxylic acids is 1. The third-order valence-electron chi connectivity index (χ3n) is 2.08. The maximum atomic E-state index is 11.6. The second-order valence-corrected chi connectivity index (χ2v) is 3.08. The van der Waals surface area contributed by atoms with Crippen molar-refractivity contribution in [3.05, 3.63) is 29.3 Å². The lowest BCUT2D eigenvalue weighted by molar-refractivity contribution is 0.0525. The highest BCUT2D eigenvalue weighted by Crippen LogP contribution is 2.19. The van der Waals surface area contributed by atoms with Crippen molar-refractivity contribution >= 4 is 5.97 Å². The molecule has 0 heterocycles. The predicted octanol–water partition coefficient (Wildman–Crippen LogP) is 1.94. The third kappa shape index (κ3) is 2.74. The smallest absolute Gasteiger partial charge is 0.338 e. The van der Waals surface area contributed by atoms with Crippen LogP contribution in [0.5, 0.6) is 5.75 Å². The monoisotopic (exact) mass is 219 g/mol. The molecule has 0 bridgehead atoms. The Hall–Kier alpha value is -2.02. The first-order valence-electron chi connectivity index (χ1n) is 4.94. The van der Waals surface area contributed by atoms with Gasteiger partial charge in [0.25, 0.3) is 0 Å². The summed E-state index contributed by atoms with van der Waals surface area (Å²) in [6.45, 7) is 2.05. The maximum Gasteiger partial charge on any atom is 0.338 e. The van der Waals surface area contributed by atoms with Gasteiger partial charge in [0.2, 0.25) is 0 Å². The number of nitrogens with zero attached hydrogens (tertiary/aromatic N) is 1. The van der Waals surface area contributed by atoms with E-state index >= 15 is 0 Å². The molecule has 1 aromatic carbocycles. The molecule has 0 aliphatic heterocycles. The molecule has 0 unspecified atom stereocenters. The van der Waals surface area contributed by atoms with Crippen molar-refractivity contribution in [1.29, 1.82) is 5.26 Å². The number of benzene rings is 1. The molecule has 1 aromatic rings. The molecule has 4 nitrogen and oxygen atoms in total. The van der Waals surface area contributed by atoms with E-state index < -0.39 is 5.97 Å². The Morgan fingerprint density at radius 2 is 2.25 bits per heavy atom. The predicted molar refractivity (Wildman–Crippen MR) is 58.3 cm³/mol. The van der Waals surface area contributed by atoms with Crippen molar-refractivity contribution in [3.63, 3.8) is 0 Å². The van der Waals surface area contributed by atoms with Gasteiger partial charge in [0.15, 0.2) is 0 Å². The SMILES string of the molecule is CCOC(=O)c1cc(OC)ccc1CC#N. The summed E-state index contributed by atoms with van der Waals surface area (Å²) in [4.78, 5) is 11.6. The second kappa shape index (κ2) is 5.76. The standard InChI is InChI=1S/C12H13NO3/c1-3-16-12(14)11-8-10(15-2)5-4-9(11)6-7-13/h4-5,8H,3,6H2,1-2H3. The third-order valence-corrected chi connectivity index (χ3v) is 2.08. The number of hydrogen-bond donors (Lipinski definition) is 0. The molecule has 0 saturated carbocycles. The van der Waals surface area contributed by atoms with Gasteiger partial charge in [-0.15, -0.1) is 0 Å². The molecule has 0 aliphatic carbocycles. The number of ether oxygens (including phenoxy) is 2. The van der Waals surface area contributed by atoms with E-state index in [1.165, 1.54) is 7.11 Å². The first-order chi connectivity index (χ1) is 7.72. The molecule has 16 heavy (non-hydrogen) atoms. The van der Waals surface area contributed by atoms with Crippen molar-refractivity contribution in [3.8, 4) is 11.8 Å². The normalized spacial score (nSPS) is 9.31. The molecule has 0 aromatic heterocycles. The molecule has 0 radical (unpaired) electrons. The summed E-state index contributed by atoms with van der Waals surface area (Å²) in [5.41, 5.74) is 1.05. The Morgan fingerprint density at radius 3 is 2.81 bits per heavy atom. The van der Waals surface area contributed by atoms with E-state index in [0.29, 0.717) is 23.5 Å². The number of methoxy groups -OCH3 is 1. The van der Waals surface area contributed by atoms with Crippen LogP contribution < -0.4 is 4.74 Å². The quantitative estimate of drug-likeness (QED) is 0.726. The number of nitriles is 1. The van der Waals surface area contributed by atoms with Crippen LogP contribution in [0.1, 0.15) is 22.8 Å². The van der Waals surface area contributed by atoms with E-state index in [2.05, 4.69) is 0 Å². The Bertz CT molecular complexity index is 421. The van der Waals surface area contributed by atoms with Crippen LogP contribution >= 0.6 is 0 Å². The Balaban J connectivity index is 3.10. The second-order valence-electron chi connectivity index (χ2n) is 3.08. The highest BCUT2D eigenvalue weighted by atomic mass is 16.5. The lowest BCUT2D eigenvalue weighted by atomic mass is 10.0. The fraction of sp³-hybridized carbons (Fsp3) is 0.333. The fourth-order valence-corrected chi connectivity index (χ4v) is 1.32. The average molecular weight is 219 g/mol. The van der Waals surface area contributed by atoms with Crippen molar-refractivity contribution in [2.24, 2.45) is 0 Å². The molecule has 1 rings (SSSR count). The molecule has 0 spiro atoms. The van der Waals surface area contributed by atoms with Crippen molar-refractivity contribution in [2.75, 3.05) is 13.7 Å². The number of carbonyl (C=O) groups is 1. The van der Waals surface area contributed by atoms with Crippen LogP contribution in [-0.2, 0) is 11.2 Å². The first kappa shape index (κ1) is 12.1. The molecule has 84 valence electrons. The summed E-state index contributed by atoms with van der Waals surface area (Å²) >= 11 is 0. The van der Waals surface area contributed by atoms with Crippen LogP contribution in [0.15, 0.2) is 18.2 Å². The zero-order valence-corrected chi connectivity index (χ0v) is 9.32. The highest BCUT2D eigenvalue weighted by Gasteiger charge is 2.13. The summed E-state index contributed by atoms with van der Waals surface area (Å²) in [7, 11) is 1.52. The van der Waals surface area contributed by atoms with E-state index in [9.17, 15) is 4.79 Å². The average Bonchev–Trinajstić information content (AvgIpc) is 2.30. The van der Waals surface area contributed by atoms with Crippen LogP contribution in [0.2, 0.25) is 0 Å². The summed E-state index contributed by atoms with van der Waals surface area (Å²) < 4.78 is 9.94. The molecule has 0 atom stereocenters. The first-order valence-corrected chi connectivity index (χ1v) is 4.94. The minimum absolute atomic E-state index is 0.179. The summed E-state index contributed by atoms with van der Waals surface area (Å²) in [5.74, 6) is 0.149. The molecular formula is C12H13NO3. The molecule has 4 heteroatoms. The zero-order chi connectivity index (χ0) is 12.0. The van der Waals surface area contributed by atoms with Gasteiger partial charge in [0, 0.05) is 0 Å². The van der Waals surface area contributed by atoms with E-state index in [1.54, 1.807) is 25.1 Å². The van der Waals surface area contributed by atoms with Crippen LogP contribution in [0.3, 0.4) is 0 Å². The molecule has 0 amide bonds. The Labute approximate surface area is 94.4 Å². The van der Waals surface area contributed by atoms with Gasteiger partial charge in [-0.05, 0) is 24.6 Å². The van der Waals surface area contributed by atoms with Gasteiger partial charge in [-0.2, -0.15) is 5.26 Å². The van der Waals surface area contributed by atoms with Crippen molar-refractivity contribution in [1.82, 2.24) is 0 Å². The largest absolute Gasteiger partial charge is 0.497 e. The van der Waals surface area contributed by atoms with Gasteiger partial charge < -0.3 is 9.47 Å². The highest BCUT2D eigenvalue weighted by molar-refractivity contribution is 5.91. The van der Waals surface area contributed by atoms with Gasteiger partial charge in [0.1, 0.15) is 5.75 Å². The van der Waals surface area contributed by atoms with Crippen LogP contribution in [0, 0.1) is 11.3 Å². The topological polar surface area (TPSA) is 59.3 Å². The van der Waals surface area contributed by atoms with Crippen LogP contribution in [0.4, 0.5) is 0 Å². The van der Waals surface area contributed by atoms with Crippen molar-refractivity contribution in [2.45, 2.75) is 13.3 Å². The van der Waals surface area contributed by atoms with Gasteiger partial charge in [-0.25, -0.2) is 4.79 Å². The van der Waals surface area contributed by atoms with E-state index in [0.717, 1.165) is 0 Å². The molecule has 0 aliphatic rings. The van der Waals surface area contributed by atoms with E-state index in [-0.39, 0.29) is 6.42 Å². The lowest BCUT2D eigenvalue weighted by Crippen LogP contribution is -2.08. The lowest BCUT2D eigenvalue weighted by Gasteiger charge is -2.08. The summed E-state index contributed by atoms with van der Waals surface area (Å²) in [5, 5.41) is 8.65. The minimum Gasteiger partial charge on any atom is -0.497 e. The number of rotatable bonds is 4. The molecule has 0 fully saturated rings. The zero-order valence-electron chi connectivity index (χ0n) is 9.32.